The van der Waals surface area contributed by atoms with E-state index >= 15 is 0 Å². The molecule has 0 saturated carbocycles. The lowest BCUT2D eigenvalue weighted by molar-refractivity contribution is 0.119. The zero-order valence-electron chi connectivity index (χ0n) is 14.8. The molecule has 0 spiro atoms. The zero-order chi connectivity index (χ0) is 16.4. The number of hydrogen-bond donors (Lipinski definition) is 0. The van der Waals surface area contributed by atoms with Crippen LogP contribution in [0, 0.1) is 5.92 Å². The number of piperazine rings is 1. The Labute approximate surface area is 136 Å². The predicted octanol–water partition coefficient (Wildman–Crippen LogP) is 2.30. The van der Waals surface area contributed by atoms with Crippen molar-refractivity contribution in [1.82, 2.24) is 19.8 Å². The summed E-state index contributed by atoms with van der Waals surface area (Å²) in [4.78, 5) is 7.74. The Morgan fingerprint density at radius 3 is 1.91 bits per heavy atom. The van der Waals surface area contributed by atoms with Gasteiger partial charge in [-0.1, -0.05) is 19.9 Å². The van der Waals surface area contributed by atoms with Crippen LogP contribution >= 0.6 is 0 Å². The molecular formula is C17H35FN4. The Morgan fingerprint density at radius 2 is 1.50 bits per heavy atom. The molecule has 22 heavy (non-hydrogen) atoms. The molecule has 0 N–H and O–H groups in total. The highest BCUT2D eigenvalue weighted by molar-refractivity contribution is 4.74. The first-order valence-electron chi connectivity index (χ1n) is 8.69. The van der Waals surface area contributed by atoms with Gasteiger partial charge < -0.3 is 9.80 Å². The Bertz CT molecular complexity index is 282. The number of likely N-dealkylation sites (N-methyl/N-ethyl adjacent to an activating group) is 1. The molecule has 2 saturated heterocycles. The Hall–Kier alpha value is -0.650. The van der Waals surface area contributed by atoms with E-state index in [0.717, 1.165) is 12.1 Å². The molecule has 0 aromatic carbocycles. The van der Waals surface area contributed by atoms with Crippen LogP contribution in [0.1, 0.15) is 26.2 Å². The van der Waals surface area contributed by atoms with Crippen LogP contribution in [0.5, 0.6) is 0 Å². The number of halogens is 1. The average molecular weight is 314 g/mol. The molecule has 130 valence electrons. The smallest absolute Gasteiger partial charge is 0.0387 e. The van der Waals surface area contributed by atoms with Gasteiger partial charge in [0.15, 0.2) is 0 Å². The lowest BCUT2D eigenvalue weighted by Gasteiger charge is -2.36. The highest BCUT2D eigenvalue weighted by Gasteiger charge is 2.19. The van der Waals surface area contributed by atoms with Gasteiger partial charge in [0.25, 0.3) is 0 Å². The van der Waals surface area contributed by atoms with E-state index in [1.807, 2.05) is 0 Å². The van der Waals surface area contributed by atoms with Crippen LogP contribution in [0.2, 0.25) is 0 Å². The van der Waals surface area contributed by atoms with Crippen molar-refractivity contribution in [3.63, 3.8) is 0 Å². The van der Waals surface area contributed by atoms with Crippen LogP contribution in [0.3, 0.4) is 0 Å². The molecule has 0 aromatic heterocycles. The molecule has 0 aliphatic carbocycles. The molecule has 2 heterocycles. The molecule has 0 atom stereocenters. The van der Waals surface area contributed by atoms with Crippen molar-refractivity contribution < 1.29 is 4.48 Å². The summed E-state index contributed by atoms with van der Waals surface area (Å²) in [5, 5.41) is 0.389. The number of hydrogen-bond acceptors (Lipinski definition) is 4. The summed E-state index contributed by atoms with van der Waals surface area (Å²) < 4.78 is 11.1. The highest BCUT2D eigenvalue weighted by Crippen LogP contribution is 2.19. The van der Waals surface area contributed by atoms with Gasteiger partial charge in [-0.05, 0) is 38.9 Å². The molecule has 5 heteroatoms. The Kier molecular flexibility index (Phi) is 9.68. The lowest BCUT2D eigenvalue weighted by atomic mass is 9.94. The van der Waals surface area contributed by atoms with E-state index < -0.39 is 0 Å². The SMILES string of the molecule is C=CN(C)F.CCC1CCN(CCN2CCN(C)CC2)CC1. The lowest BCUT2D eigenvalue weighted by Crippen LogP contribution is -2.47. The summed E-state index contributed by atoms with van der Waals surface area (Å²) in [7, 11) is 3.50. The minimum absolute atomic E-state index is 0.389. The molecule has 0 amide bonds. The molecular weight excluding hydrogens is 279 g/mol. The van der Waals surface area contributed by atoms with Crippen LogP contribution in [0.15, 0.2) is 12.8 Å². The second kappa shape index (κ2) is 11.0. The van der Waals surface area contributed by atoms with Crippen molar-refractivity contribution in [3.05, 3.63) is 12.8 Å². The van der Waals surface area contributed by atoms with Gasteiger partial charge in [0, 0.05) is 52.5 Å². The molecule has 2 fully saturated rings. The maximum absolute atomic E-state index is 11.1. The molecule has 0 unspecified atom stereocenters. The van der Waals surface area contributed by atoms with Gasteiger partial charge in [0.1, 0.15) is 0 Å². The standard InChI is InChI=1S/C14H29N3.C3H6FN/c1-3-14-4-6-16(7-5-14)12-13-17-10-8-15(2)9-11-17;1-3-5(2)4/h14H,3-13H2,1-2H3;3H,1H2,2H3. The number of likely N-dealkylation sites (tertiary alicyclic amines) is 1. The van der Waals surface area contributed by atoms with Gasteiger partial charge in [0.05, 0.1) is 0 Å². The quantitative estimate of drug-likeness (QED) is 0.722. The van der Waals surface area contributed by atoms with E-state index in [0.29, 0.717) is 5.12 Å². The normalized spacial score (nSPS) is 22.0. The van der Waals surface area contributed by atoms with E-state index in [4.69, 9.17) is 0 Å². The zero-order valence-corrected chi connectivity index (χ0v) is 14.8. The molecule has 2 rings (SSSR count). The van der Waals surface area contributed by atoms with Crippen molar-refractivity contribution >= 4 is 0 Å². The van der Waals surface area contributed by atoms with Gasteiger partial charge in [-0.15, -0.1) is 4.48 Å². The highest BCUT2D eigenvalue weighted by atomic mass is 19.2. The Balaban J connectivity index is 0.000000422. The largest absolute Gasteiger partial charge is 0.304 e. The number of piperidine rings is 1. The molecule has 2 aliphatic rings. The monoisotopic (exact) mass is 314 g/mol. The van der Waals surface area contributed by atoms with Crippen molar-refractivity contribution in [3.8, 4) is 0 Å². The van der Waals surface area contributed by atoms with Crippen molar-refractivity contribution in [2.45, 2.75) is 26.2 Å². The number of nitrogens with zero attached hydrogens (tertiary/aromatic N) is 4. The number of rotatable bonds is 5. The third-order valence-electron chi connectivity index (χ3n) is 4.86. The minimum Gasteiger partial charge on any atom is -0.304 e. The first kappa shape index (κ1) is 19.4. The van der Waals surface area contributed by atoms with Crippen LogP contribution < -0.4 is 0 Å². The van der Waals surface area contributed by atoms with E-state index in [9.17, 15) is 4.48 Å². The van der Waals surface area contributed by atoms with Crippen LogP contribution in [-0.2, 0) is 0 Å². The van der Waals surface area contributed by atoms with E-state index in [1.54, 1.807) is 0 Å². The molecule has 0 aromatic rings. The maximum atomic E-state index is 11.1. The summed E-state index contributed by atoms with van der Waals surface area (Å²) >= 11 is 0. The first-order chi connectivity index (χ1) is 10.5. The fourth-order valence-electron chi connectivity index (χ4n) is 2.97. The minimum atomic E-state index is 0.389. The second-order valence-corrected chi connectivity index (χ2v) is 6.55. The predicted molar refractivity (Wildman–Crippen MR) is 92.5 cm³/mol. The van der Waals surface area contributed by atoms with Crippen molar-refractivity contribution in [2.24, 2.45) is 5.92 Å². The van der Waals surface area contributed by atoms with Gasteiger partial charge in [-0.2, -0.15) is 0 Å². The van der Waals surface area contributed by atoms with Crippen molar-refractivity contribution in [1.29, 1.82) is 0 Å². The topological polar surface area (TPSA) is 13.0 Å². The summed E-state index contributed by atoms with van der Waals surface area (Å²) in [5.41, 5.74) is 0. The summed E-state index contributed by atoms with van der Waals surface area (Å²) in [5.74, 6) is 1.01. The van der Waals surface area contributed by atoms with Gasteiger partial charge in [-0.3, -0.25) is 4.90 Å². The fraction of sp³-hybridized carbons (Fsp3) is 0.882. The Morgan fingerprint density at radius 1 is 1.05 bits per heavy atom. The van der Waals surface area contributed by atoms with E-state index in [2.05, 4.69) is 35.3 Å². The third-order valence-corrected chi connectivity index (χ3v) is 4.86. The summed E-state index contributed by atoms with van der Waals surface area (Å²) in [6.45, 7) is 15.7. The second-order valence-electron chi connectivity index (χ2n) is 6.55. The van der Waals surface area contributed by atoms with Crippen LogP contribution in [0.25, 0.3) is 0 Å². The first-order valence-corrected chi connectivity index (χ1v) is 8.69. The van der Waals surface area contributed by atoms with Crippen molar-refractivity contribution in [2.75, 3.05) is 66.5 Å². The molecule has 2 aliphatic heterocycles. The van der Waals surface area contributed by atoms with Gasteiger partial charge in [0.2, 0.25) is 0 Å². The average Bonchev–Trinajstić information content (AvgIpc) is 2.55. The van der Waals surface area contributed by atoms with Gasteiger partial charge in [-0.25, -0.2) is 5.12 Å². The third kappa shape index (κ3) is 8.11. The summed E-state index contributed by atoms with van der Waals surface area (Å²) in [6.07, 6.45) is 5.32. The van der Waals surface area contributed by atoms with E-state index in [1.165, 1.54) is 78.7 Å². The maximum Gasteiger partial charge on any atom is 0.0387 e. The fourth-order valence-corrected chi connectivity index (χ4v) is 2.97. The summed E-state index contributed by atoms with van der Waals surface area (Å²) in [6, 6.07) is 0. The van der Waals surface area contributed by atoms with Crippen LogP contribution in [0.4, 0.5) is 4.48 Å². The van der Waals surface area contributed by atoms with Gasteiger partial charge >= 0.3 is 0 Å². The molecule has 4 nitrogen and oxygen atoms in total. The van der Waals surface area contributed by atoms with Crippen LogP contribution in [-0.4, -0.2) is 86.3 Å². The molecule has 0 radical (unpaired) electrons. The van der Waals surface area contributed by atoms with E-state index in [-0.39, 0.29) is 0 Å². The molecule has 0 bridgehead atoms.